The summed E-state index contributed by atoms with van der Waals surface area (Å²) in [5.41, 5.74) is 5.12. The highest BCUT2D eigenvalue weighted by Crippen LogP contribution is 2.35. The second-order valence-corrected chi connectivity index (χ2v) is 6.13. The van der Waals surface area contributed by atoms with Gasteiger partial charge in [0, 0.05) is 18.7 Å². The number of benzene rings is 2. The van der Waals surface area contributed by atoms with Crippen molar-refractivity contribution in [1.82, 2.24) is 0 Å². The fraction of sp³-hybridized carbons (Fsp3) is 0.300. The summed E-state index contributed by atoms with van der Waals surface area (Å²) in [6.07, 6.45) is -4.53. The molecule has 0 radical (unpaired) electrons. The molecule has 2 amide bonds. The number of rotatable bonds is 8. The smallest absolute Gasteiger partial charge is 0.416 e. The van der Waals surface area contributed by atoms with Gasteiger partial charge in [-0.25, -0.2) is 0 Å². The minimum atomic E-state index is -4.53. The average Bonchev–Trinajstić information content (AvgIpc) is 2.67. The summed E-state index contributed by atoms with van der Waals surface area (Å²) in [5, 5.41) is 2.49. The summed E-state index contributed by atoms with van der Waals surface area (Å²) in [5.74, 6) is -0.891. The second kappa shape index (κ2) is 9.31. The van der Waals surface area contributed by atoms with Crippen LogP contribution in [-0.2, 0) is 11.0 Å². The largest absolute Gasteiger partial charge is 0.484 e. The molecule has 2 aromatic carbocycles. The Bertz CT molecular complexity index is 864. The van der Waals surface area contributed by atoms with Crippen LogP contribution in [0.4, 0.5) is 24.5 Å². The Morgan fingerprint density at radius 1 is 1.07 bits per heavy atom. The highest BCUT2D eigenvalue weighted by atomic mass is 19.4. The lowest BCUT2D eigenvalue weighted by Crippen LogP contribution is -2.26. The molecule has 0 aromatic heterocycles. The molecule has 0 bridgehead atoms. The molecule has 0 saturated heterocycles. The van der Waals surface area contributed by atoms with Crippen LogP contribution in [0, 0.1) is 0 Å². The molecule has 2 aromatic rings. The number of ether oxygens (including phenoxy) is 1. The van der Waals surface area contributed by atoms with Crippen LogP contribution in [0.2, 0.25) is 0 Å². The molecule has 2 rings (SSSR count). The van der Waals surface area contributed by atoms with Gasteiger partial charge in [-0.15, -0.1) is 0 Å². The van der Waals surface area contributed by atoms with Crippen molar-refractivity contribution in [3.8, 4) is 5.75 Å². The minimum absolute atomic E-state index is 0.0567. The van der Waals surface area contributed by atoms with Crippen molar-refractivity contribution in [3.63, 3.8) is 0 Å². The van der Waals surface area contributed by atoms with E-state index < -0.39 is 30.2 Å². The minimum Gasteiger partial charge on any atom is -0.484 e. The number of carbonyl (C=O) groups is 2. The number of anilines is 2. The molecule has 9 heteroatoms. The van der Waals surface area contributed by atoms with Gasteiger partial charge < -0.3 is 20.7 Å². The van der Waals surface area contributed by atoms with Crippen LogP contribution < -0.4 is 20.7 Å². The molecule has 0 fully saturated rings. The number of primary amides is 1. The Morgan fingerprint density at radius 2 is 1.69 bits per heavy atom. The number of alkyl halides is 3. The van der Waals surface area contributed by atoms with Gasteiger partial charge in [0.1, 0.15) is 5.75 Å². The molecule has 29 heavy (non-hydrogen) atoms. The van der Waals surface area contributed by atoms with Crippen LogP contribution in [0.15, 0.2) is 42.5 Å². The van der Waals surface area contributed by atoms with Gasteiger partial charge in [-0.2, -0.15) is 13.2 Å². The normalized spacial score (nSPS) is 11.1. The molecule has 0 aliphatic rings. The van der Waals surface area contributed by atoms with Crippen molar-refractivity contribution in [1.29, 1.82) is 0 Å². The molecular formula is C20H22F3N3O3. The Kier molecular flexibility index (Phi) is 7.08. The lowest BCUT2D eigenvalue weighted by atomic mass is 10.1. The first-order valence-corrected chi connectivity index (χ1v) is 8.94. The van der Waals surface area contributed by atoms with E-state index in [1.54, 1.807) is 0 Å². The van der Waals surface area contributed by atoms with Crippen molar-refractivity contribution in [2.75, 3.05) is 29.9 Å². The van der Waals surface area contributed by atoms with Crippen molar-refractivity contribution in [2.45, 2.75) is 20.0 Å². The van der Waals surface area contributed by atoms with Crippen LogP contribution in [-0.4, -0.2) is 31.5 Å². The topological polar surface area (TPSA) is 84.7 Å². The number of nitrogens with two attached hydrogens (primary N) is 1. The van der Waals surface area contributed by atoms with Gasteiger partial charge in [0.25, 0.3) is 5.91 Å². The zero-order chi connectivity index (χ0) is 21.6. The van der Waals surface area contributed by atoms with Crippen LogP contribution in [0.5, 0.6) is 5.75 Å². The second-order valence-electron chi connectivity index (χ2n) is 6.13. The van der Waals surface area contributed by atoms with Gasteiger partial charge in [0.05, 0.1) is 16.9 Å². The molecule has 156 valence electrons. The van der Waals surface area contributed by atoms with Gasteiger partial charge in [-0.1, -0.05) is 0 Å². The first-order chi connectivity index (χ1) is 13.7. The van der Waals surface area contributed by atoms with E-state index in [1.807, 2.05) is 18.7 Å². The molecule has 3 N–H and O–H groups in total. The van der Waals surface area contributed by atoms with Gasteiger partial charge in [-0.3, -0.25) is 9.59 Å². The molecule has 0 spiro atoms. The van der Waals surface area contributed by atoms with E-state index in [0.29, 0.717) is 24.5 Å². The van der Waals surface area contributed by atoms with Crippen molar-refractivity contribution in [2.24, 2.45) is 5.73 Å². The van der Waals surface area contributed by atoms with Crippen molar-refractivity contribution < 1.29 is 27.5 Å². The number of nitrogens with one attached hydrogen (secondary N) is 1. The van der Waals surface area contributed by atoms with E-state index in [9.17, 15) is 22.8 Å². The van der Waals surface area contributed by atoms with Crippen LogP contribution in [0.1, 0.15) is 29.8 Å². The predicted molar refractivity (Wildman–Crippen MR) is 104 cm³/mol. The summed E-state index contributed by atoms with van der Waals surface area (Å²) < 4.78 is 44.6. The summed E-state index contributed by atoms with van der Waals surface area (Å²) in [6, 6.07) is 9.07. The van der Waals surface area contributed by atoms with Crippen LogP contribution >= 0.6 is 0 Å². The summed E-state index contributed by atoms with van der Waals surface area (Å²) in [4.78, 5) is 25.1. The molecule has 0 unspecified atom stereocenters. The molecular weight excluding hydrogens is 387 g/mol. The molecule has 0 aliphatic heterocycles. The maximum Gasteiger partial charge on any atom is 0.416 e. The maximum absolute atomic E-state index is 13.1. The monoisotopic (exact) mass is 409 g/mol. The lowest BCUT2D eigenvalue weighted by molar-refractivity contribution is -0.137. The van der Waals surface area contributed by atoms with E-state index in [-0.39, 0.29) is 11.3 Å². The molecule has 0 aliphatic carbocycles. The van der Waals surface area contributed by atoms with E-state index in [4.69, 9.17) is 10.5 Å². The fourth-order valence-corrected chi connectivity index (χ4v) is 2.70. The first-order valence-electron chi connectivity index (χ1n) is 8.94. The fourth-order valence-electron chi connectivity index (χ4n) is 2.70. The van der Waals surface area contributed by atoms with E-state index >= 15 is 0 Å². The third kappa shape index (κ3) is 5.87. The van der Waals surface area contributed by atoms with Crippen molar-refractivity contribution in [3.05, 3.63) is 53.6 Å². The van der Waals surface area contributed by atoms with Crippen LogP contribution in [0.25, 0.3) is 0 Å². The van der Waals surface area contributed by atoms with Crippen molar-refractivity contribution >= 4 is 23.2 Å². The Morgan fingerprint density at radius 3 is 2.21 bits per heavy atom. The Labute approximate surface area is 166 Å². The summed E-state index contributed by atoms with van der Waals surface area (Å²) >= 11 is 0. The SMILES string of the molecule is CCN(CC)c1ccc(C(F)(F)F)cc1NC(=O)COc1ccc(C(N)=O)cc1. The number of halogens is 3. The molecule has 0 saturated carbocycles. The maximum atomic E-state index is 13.1. The summed E-state index contributed by atoms with van der Waals surface area (Å²) in [7, 11) is 0. The highest BCUT2D eigenvalue weighted by molar-refractivity contribution is 5.95. The molecule has 0 heterocycles. The molecule has 6 nitrogen and oxygen atoms in total. The van der Waals surface area contributed by atoms with E-state index in [0.717, 1.165) is 12.1 Å². The number of amides is 2. The van der Waals surface area contributed by atoms with Gasteiger partial charge >= 0.3 is 6.18 Å². The van der Waals surface area contributed by atoms with E-state index in [2.05, 4.69) is 5.32 Å². The molecule has 0 atom stereocenters. The zero-order valence-corrected chi connectivity index (χ0v) is 16.0. The number of hydrogen-bond donors (Lipinski definition) is 2. The highest BCUT2D eigenvalue weighted by Gasteiger charge is 2.31. The van der Waals surface area contributed by atoms with Crippen LogP contribution in [0.3, 0.4) is 0 Å². The third-order valence-electron chi connectivity index (χ3n) is 4.21. The first kappa shape index (κ1) is 22.1. The van der Waals surface area contributed by atoms with Gasteiger partial charge in [0.15, 0.2) is 6.61 Å². The third-order valence-corrected chi connectivity index (χ3v) is 4.21. The predicted octanol–water partition coefficient (Wildman–Crippen LogP) is 3.67. The van der Waals surface area contributed by atoms with Gasteiger partial charge in [0.2, 0.25) is 5.91 Å². The Hall–Kier alpha value is -3.23. The Balaban J connectivity index is 2.15. The van der Waals surface area contributed by atoms with E-state index in [1.165, 1.54) is 30.3 Å². The number of nitrogens with zero attached hydrogens (tertiary/aromatic N) is 1. The number of hydrogen-bond acceptors (Lipinski definition) is 4. The lowest BCUT2D eigenvalue weighted by Gasteiger charge is -2.25. The average molecular weight is 409 g/mol. The van der Waals surface area contributed by atoms with Gasteiger partial charge in [-0.05, 0) is 56.3 Å². The number of carbonyl (C=O) groups excluding carboxylic acids is 2. The summed E-state index contributed by atoms with van der Waals surface area (Å²) in [6.45, 7) is 4.45. The standard InChI is InChI=1S/C20H22F3N3O3/c1-3-26(4-2)17-10-7-14(20(21,22)23)11-16(17)25-18(27)12-29-15-8-5-13(6-9-15)19(24)28/h5-11H,3-4,12H2,1-2H3,(H2,24,28)(H,25,27). The zero-order valence-electron chi connectivity index (χ0n) is 16.0. The quantitative estimate of drug-likeness (QED) is 0.697.